The van der Waals surface area contributed by atoms with E-state index in [1.165, 1.54) is 6.33 Å². The predicted octanol–water partition coefficient (Wildman–Crippen LogP) is 2.42. The number of aromatic nitrogens is 2. The third-order valence-electron chi connectivity index (χ3n) is 4.42. The van der Waals surface area contributed by atoms with Gasteiger partial charge in [-0.05, 0) is 24.6 Å². The molecule has 132 valence electrons. The number of benzene rings is 1. The molecule has 0 aliphatic carbocycles. The molecule has 0 unspecified atom stereocenters. The highest BCUT2D eigenvalue weighted by atomic mass is 79.9. The van der Waals surface area contributed by atoms with Gasteiger partial charge in [0, 0.05) is 17.6 Å². The van der Waals surface area contributed by atoms with Gasteiger partial charge in [-0.2, -0.15) is 0 Å². The maximum Gasteiger partial charge on any atom is 0.153 e. The highest BCUT2D eigenvalue weighted by molar-refractivity contribution is 9.10. The summed E-state index contributed by atoms with van der Waals surface area (Å²) in [5.41, 5.74) is 2.70. The first-order valence-corrected chi connectivity index (χ1v) is 10.5. The van der Waals surface area contributed by atoms with Gasteiger partial charge in [0.05, 0.1) is 22.8 Å². The Bertz CT molecular complexity index is 935. The summed E-state index contributed by atoms with van der Waals surface area (Å²) < 4.78 is 30.4. The molecule has 7 nitrogen and oxygen atoms in total. The van der Waals surface area contributed by atoms with E-state index in [0.29, 0.717) is 25.5 Å². The number of aryl methyl sites for hydroxylation is 1. The van der Waals surface area contributed by atoms with Crippen LogP contribution in [0.15, 0.2) is 22.9 Å². The molecule has 2 aliphatic heterocycles. The van der Waals surface area contributed by atoms with Crippen molar-refractivity contribution in [2.75, 3.05) is 34.8 Å². The molecular formula is C16H17BrN4O3S. The summed E-state index contributed by atoms with van der Waals surface area (Å²) in [6.07, 6.45) is 1.50. The van der Waals surface area contributed by atoms with Gasteiger partial charge in [0.1, 0.15) is 30.3 Å². The molecule has 1 fully saturated rings. The van der Waals surface area contributed by atoms with Crippen molar-refractivity contribution in [1.29, 1.82) is 0 Å². The van der Waals surface area contributed by atoms with Gasteiger partial charge < -0.3 is 15.0 Å². The number of sulfone groups is 1. The molecule has 0 bridgehead atoms. The fourth-order valence-electron chi connectivity index (χ4n) is 3.13. The molecule has 0 spiro atoms. The first kappa shape index (κ1) is 16.6. The molecule has 1 aromatic carbocycles. The van der Waals surface area contributed by atoms with E-state index in [0.717, 1.165) is 32.9 Å². The van der Waals surface area contributed by atoms with Gasteiger partial charge in [-0.15, -0.1) is 0 Å². The molecule has 0 amide bonds. The molecule has 0 atom stereocenters. The van der Waals surface area contributed by atoms with Crippen molar-refractivity contribution in [3.05, 3.63) is 34.1 Å². The Hall–Kier alpha value is -1.87. The Morgan fingerprint density at radius 3 is 2.76 bits per heavy atom. The van der Waals surface area contributed by atoms with Gasteiger partial charge in [0.25, 0.3) is 0 Å². The Morgan fingerprint density at radius 1 is 1.24 bits per heavy atom. The lowest BCUT2D eigenvalue weighted by molar-refractivity contribution is 0.308. The molecule has 4 rings (SSSR count). The fraction of sp³-hybridized carbons (Fsp3) is 0.375. The predicted molar refractivity (Wildman–Crippen MR) is 99.4 cm³/mol. The molecule has 2 aliphatic rings. The Labute approximate surface area is 154 Å². The third-order valence-corrected chi connectivity index (χ3v) is 6.49. The number of hydrogen-bond donors (Lipinski definition) is 1. The van der Waals surface area contributed by atoms with E-state index in [1.807, 2.05) is 24.0 Å². The van der Waals surface area contributed by atoms with Crippen molar-refractivity contribution in [3.8, 4) is 5.75 Å². The van der Waals surface area contributed by atoms with E-state index in [4.69, 9.17) is 4.74 Å². The quantitative estimate of drug-likeness (QED) is 0.751. The van der Waals surface area contributed by atoms with Crippen LogP contribution >= 0.6 is 15.9 Å². The minimum absolute atomic E-state index is 0.145. The zero-order chi connectivity index (χ0) is 17.6. The second kappa shape index (κ2) is 6.14. The smallest absolute Gasteiger partial charge is 0.153 e. The van der Waals surface area contributed by atoms with Gasteiger partial charge in [0.2, 0.25) is 0 Å². The van der Waals surface area contributed by atoms with Crippen molar-refractivity contribution in [2.24, 2.45) is 0 Å². The summed E-state index contributed by atoms with van der Waals surface area (Å²) in [5.74, 6) is 2.50. The first-order chi connectivity index (χ1) is 11.9. The van der Waals surface area contributed by atoms with Crippen molar-refractivity contribution < 1.29 is 13.2 Å². The van der Waals surface area contributed by atoms with Crippen LogP contribution in [0, 0.1) is 6.92 Å². The Morgan fingerprint density at radius 2 is 2.00 bits per heavy atom. The van der Waals surface area contributed by atoms with Crippen LogP contribution in [0.4, 0.5) is 17.3 Å². The van der Waals surface area contributed by atoms with Gasteiger partial charge in [-0.25, -0.2) is 18.4 Å². The molecular weight excluding hydrogens is 408 g/mol. The summed E-state index contributed by atoms with van der Waals surface area (Å²) in [5, 5.41) is 3.33. The van der Waals surface area contributed by atoms with Crippen LogP contribution in [-0.4, -0.2) is 43.0 Å². The van der Waals surface area contributed by atoms with Crippen molar-refractivity contribution in [1.82, 2.24) is 9.97 Å². The minimum Gasteiger partial charge on any atom is -0.486 e. The Kier molecular flexibility index (Phi) is 4.07. The van der Waals surface area contributed by atoms with E-state index >= 15 is 0 Å². The largest absolute Gasteiger partial charge is 0.486 e. The van der Waals surface area contributed by atoms with E-state index in [2.05, 4.69) is 31.2 Å². The summed E-state index contributed by atoms with van der Waals surface area (Å²) in [6, 6.07) is 3.95. The maximum absolute atomic E-state index is 11.7. The number of fused-ring (bicyclic) bond motifs is 2. The number of halogens is 1. The molecule has 1 N–H and O–H groups in total. The molecule has 1 saturated heterocycles. The van der Waals surface area contributed by atoms with E-state index in [-0.39, 0.29) is 11.5 Å². The van der Waals surface area contributed by atoms with Gasteiger partial charge in [-0.3, -0.25) is 0 Å². The van der Waals surface area contributed by atoms with Crippen LogP contribution < -0.4 is 15.0 Å². The first-order valence-electron chi connectivity index (χ1n) is 7.92. The normalized spacial score (nSPS) is 18.4. The van der Waals surface area contributed by atoms with E-state index < -0.39 is 9.84 Å². The van der Waals surface area contributed by atoms with E-state index in [9.17, 15) is 8.42 Å². The minimum atomic E-state index is -2.94. The molecule has 1 aromatic heterocycles. The lowest BCUT2D eigenvalue weighted by Crippen LogP contribution is -2.41. The standard InChI is InChI=1S/C16H17BrN4O3S/c1-10-6-11(17)7-13-14(10)24-8-12-15(20-13)18-9-19-16(12)21-2-4-25(22,23)5-3-21/h6-7,9H,2-5,8H2,1H3,(H,18,19,20). The van der Waals surface area contributed by atoms with Crippen LogP contribution in [0.1, 0.15) is 11.1 Å². The molecule has 0 saturated carbocycles. The lowest BCUT2D eigenvalue weighted by Gasteiger charge is -2.29. The van der Waals surface area contributed by atoms with Crippen LogP contribution in [0.3, 0.4) is 0 Å². The zero-order valence-corrected chi connectivity index (χ0v) is 16.0. The molecule has 25 heavy (non-hydrogen) atoms. The van der Waals surface area contributed by atoms with Gasteiger partial charge >= 0.3 is 0 Å². The van der Waals surface area contributed by atoms with Crippen LogP contribution in [0.2, 0.25) is 0 Å². The SMILES string of the molecule is Cc1cc(Br)cc2c1OCc1c(ncnc1N1CCS(=O)(=O)CC1)N2. The molecule has 2 aromatic rings. The summed E-state index contributed by atoms with van der Waals surface area (Å²) in [6.45, 7) is 3.19. The fourth-order valence-corrected chi connectivity index (χ4v) is 4.90. The molecule has 9 heteroatoms. The lowest BCUT2D eigenvalue weighted by atomic mass is 10.2. The van der Waals surface area contributed by atoms with Crippen LogP contribution in [0.5, 0.6) is 5.75 Å². The third kappa shape index (κ3) is 3.18. The van der Waals surface area contributed by atoms with E-state index in [1.54, 1.807) is 0 Å². The molecule has 0 radical (unpaired) electrons. The number of ether oxygens (including phenoxy) is 1. The van der Waals surface area contributed by atoms with Crippen LogP contribution in [-0.2, 0) is 16.4 Å². The van der Waals surface area contributed by atoms with Crippen molar-refractivity contribution in [2.45, 2.75) is 13.5 Å². The second-order valence-electron chi connectivity index (χ2n) is 6.18. The summed E-state index contributed by atoms with van der Waals surface area (Å²) in [4.78, 5) is 10.7. The monoisotopic (exact) mass is 424 g/mol. The number of nitrogens with zero attached hydrogens (tertiary/aromatic N) is 3. The molecule has 3 heterocycles. The maximum atomic E-state index is 11.7. The Balaban J connectivity index is 1.71. The van der Waals surface area contributed by atoms with Crippen LogP contribution in [0.25, 0.3) is 0 Å². The van der Waals surface area contributed by atoms with Gasteiger partial charge in [0.15, 0.2) is 9.84 Å². The van der Waals surface area contributed by atoms with Gasteiger partial charge in [-0.1, -0.05) is 15.9 Å². The highest BCUT2D eigenvalue weighted by Crippen LogP contribution is 2.39. The van der Waals surface area contributed by atoms with Crippen molar-refractivity contribution in [3.63, 3.8) is 0 Å². The number of hydrogen-bond acceptors (Lipinski definition) is 7. The second-order valence-corrected chi connectivity index (χ2v) is 9.40. The highest BCUT2D eigenvalue weighted by Gasteiger charge is 2.27. The summed E-state index contributed by atoms with van der Waals surface area (Å²) in [7, 11) is -2.94. The topological polar surface area (TPSA) is 84.4 Å². The average molecular weight is 425 g/mol. The zero-order valence-electron chi connectivity index (χ0n) is 13.6. The number of nitrogens with one attached hydrogen (secondary N) is 1. The number of rotatable bonds is 1. The summed E-state index contributed by atoms with van der Waals surface area (Å²) >= 11 is 3.50. The number of anilines is 3. The average Bonchev–Trinajstić information content (AvgIpc) is 2.73. The van der Waals surface area contributed by atoms with Crippen molar-refractivity contribution >= 4 is 43.1 Å².